The molecule has 0 aliphatic rings. The minimum atomic E-state index is 0. The van der Waals surface area contributed by atoms with Gasteiger partial charge in [0.2, 0.25) is 0 Å². The summed E-state index contributed by atoms with van der Waals surface area (Å²) >= 11 is 3.57. The van der Waals surface area contributed by atoms with E-state index in [1.54, 1.807) is 0 Å². The molecule has 0 spiro atoms. The Hall–Kier alpha value is -0.820. The monoisotopic (exact) mass is 450 g/mol. The molecule has 0 atom stereocenters. The molecule has 0 fully saturated rings. The van der Waals surface area contributed by atoms with E-state index in [1.165, 1.54) is 5.56 Å². The van der Waals surface area contributed by atoms with E-state index in [-0.39, 0.29) is 31.4 Å². The van der Waals surface area contributed by atoms with E-state index >= 15 is 0 Å². The van der Waals surface area contributed by atoms with Gasteiger partial charge >= 0.3 is 0 Å². The van der Waals surface area contributed by atoms with Crippen LogP contribution in [0, 0.1) is 0 Å². The maximum absolute atomic E-state index is 8.67. The van der Waals surface area contributed by atoms with Gasteiger partial charge in [0.1, 0.15) is 12.4 Å². The number of rotatable bonds is 10. The van der Waals surface area contributed by atoms with Crippen molar-refractivity contribution in [3.05, 3.63) is 64.1 Å². The number of benzene rings is 2. The lowest BCUT2D eigenvalue weighted by atomic mass is 10.2. The van der Waals surface area contributed by atoms with Gasteiger partial charge in [0.15, 0.2) is 0 Å². The van der Waals surface area contributed by atoms with Crippen LogP contribution in [0.1, 0.15) is 11.1 Å². The number of aliphatic hydroxyl groups excluding tert-OH is 1. The maximum Gasteiger partial charge on any atom is 0.134 e. The van der Waals surface area contributed by atoms with Gasteiger partial charge in [-0.1, -0.05) is 36.4 Å². The van der Waals surface area contributed by atoms with Crippen LogP contribution in [0.2, 0.25) is 0 Å². The highest BCUT2D eigenvalue weighted by molar-refractivity contribution is 9.10. The van der Waals surface area contributed by atoms with Gasteiger partial charge in [-0.3, -0.25) is 0 Å². The third-order valence-corrected chi connectivity index (χ3v) is 3.95. The lowest BCUT2D eigenvalue weighted by Gasteiger charge is -2.11. The first-order valence-electron chi connectivity index (χ1n) is 7.77. The molecule has 0 aromatic heterocycles. The molecule has 3 N–H and O–H groups in total. The van der Waals surface area contributed by atoms with E-state index in [0.29, 0.717) is 13.2 Å². The molecule has 140 valence electrons. The quantitative estimate of drug-likeness (QED) is 0.483. The minimum absolute atomic E-state index is 0. The Morgan fingerprint density at radius 3 is 2.28 bits per heavy atom. The summed E-state index contributed by atoms with van der Waals surface area (Å²) in [6, 6.07) is 16.3. The van der Waals surface area contributed by atoms with E-state index < -0.39 is 0 Å². The predicted octanol–water partition coefficient (Wildman–Crippen LogP) is 3.54. The lowest BCUT2D eigenvalue weighted by molar-refractivity contribution is 0.292. The molecule has 2 rings (SSSR count). The SMILES string of the molecule is Cl.Cl.OCCNCCNCc1ccc(OCc2ccccc2)c(Br)c1. The van der Waals surface area contributed by atoms with Crippen LogP contribution in [-0.2, 0) is 13.2 Å². The van der Waals surface area contributed by atoms with Crippen molar-refractivity contribution in [2.24, 2.45) is 0 Å². The molecule has 2 aromatic carbocycles. The molecule has 2 aromatic rings. The van der Waals surface area contributed by atoms with E-state index in [1.807, 2.05) is 24.3 Å². The summed E-state index contributed by atoms with van der Waals surface area (Å²) < 4.78 is 6.81. The van der Waals surface area contributed by atoms with Crippen LogP contribution < -0.4 is 15.4 Å². The standard InChI is InChI=1S/C18H23BrN2O2.2ClH/c19-17-12-16(13-21-9-8-20-10-11-22)6-7-18(17)23-14-15-4-2-1-3-5-15;;/h1-7,12,20-22H,8-11,13-14H2;2*1H. The normalized spacial score (nSPS) is 9.84. The molecule has 4 nitrogen and oxygen atoms in total. The van der Waals surface area contributed by atoms with Gasteiger partial charge in [-0.15, -0.1) is 24.8 Å². The molecule has 0 saturated heterocycles. The maximum atomic E-state index is 8.67. The van der Waals surface area contributed by atoms with Crippen LogP contribution in [0.15, 0.2) is 53.0 Å². The Morgan fingerprint density at radius 1 is 0.880 bits per heavy atom. The highest BCUT2D eigenvalue weighted by atomic mass is 79.9. The molecule has 0 radical (unpaired) electrons. The van der Waals surface area contributed by atoms with Gasteiger partial charge in [-0.25, -0.2) is 0 Å². The largest absolute Gasteiger partial charge is 0.488 e. The topological polar surface area (TPSA) is 53.5 Å². The first kappa shape index (κ1) is 24.2. The molecule has 7 heteroatoms. The zero-order valence-electron chi connectivity index (χ0n) is 13.9. The van der Waals surface area contributed by atoms with Gasteiger partial charge in [0.05, 0.1) is 11.1 Å². The van der Waals surface area contributed by atoms with Crippen LogP contribution >= 0.6 is 40.7 Å². The third-order valence-electron chi connectivity index (χ3n) is 3.33. The van der Waals surface area contributed by atoms with E-state index in [4.69, 9.17) is 9.84 Å². The second-order valence-corrected chi connectivity index (χ2v) is 6.04. The Labute approximate surface area is 170 Å². The fourth-order valence-electron chi connectivity index (χ4n) is 2.12. The highest BCUT2D eigenvalue weighted by Crippen LogP contribution is 2.26. The van der Waals surface area contributed by atoms with Crippen molar-refractivity contribution >= 4 is 40.7 Å². The summed E-state index contributed by atoms with van der Waals surface area (Å²) in [6.07, 6.45) is 0. The van der Waals surface area contributed by atoms with Crippen LogP contribution in [-0.4, -0.2) is 31.3 Å². The summed E-state index contributed by atoms with van der Waals surface area (Å²) in [5.41, 5.74) is 2.35. The zero-order chi connectivity index (χ0) is 16.3. The van der Waals surface area contributed by atoms with Gasteiger partial charge in [-0.2, -0.15) is 0 Å². The first-order valence-corrected chi connectivity index (χ1v) is 8.56. The molecule has 0 saturated carbocycles. The predicted molar refractivity (Wildman–Crippen MR) is 111 cm³/mol. The Kier molecular flexibility index (Phi) is 13.9. The Morgan fingerprint density at radius 2 is 1.60 bits per heavy atom. The molecule has 0 aliphatic heterocycles. The number of halogens is 3. The van der Waals surface area contributed by atoms with Crippen molar-refractivity contribution in [2.45, 2.75) is 13.2 Å². The van der Waals surface area contributed by atoms with Gasteiger partial charge < -0.3 is 20.5 Å². The summed E-state index contributed by atoms with van der Waals surface area (Å²) in [4.78, 5) is 0. The first-order chi connectivity index (χ1) is 11.3. The molecule has 25 heavy (non-hydrogen) atoms. The third kappa shape index (κ3) is 9.45. The van der Waals surface area contributed by atoms with Gasteiger partial charge in [0, 0.05) is 26.2 Å². The van der Waals surface area contributed by atoms with Crippen LogP contribution in [0.5, 0.6) is 5.75 Å². The molecule has 0 heterocycles. The van der Waals surface area contributed by atoms with Crippen LogP contribution in [0.4, 0.5) is 0 Å². The van der Waals surface area contributed by atoms with Crippen molar-refractivity contribution in [3.63, 3.8) is 0 Å². The highest BCUT2D eigenvalue weighted by Gasteiger charge is 2.03. The molecule has 0 bridgehead atoms. The van der Waals surface area contributed by atoms with Gasteiger partial charge in [-0.05, 0) is 39.2 Å². The van der Waals surface area contributed by atoms with Gasteiger partial charge in [0.25, 0.3) is 0 Å². The average molecular weight is 452 g/mol. The summed E-state index contributed by atoms with van der Waals surface area (Å²) in [6.45, 7) is 3.90. The Balaban J connectivity index is 0.00000288. The molecule has 0 amide bonds. The molecular formula is C18H25BrCl2N2O2. The summed E-state index contributed by atoms with van der Waals surface area (Å²) in [5, 5.41) is 15.2. The molecule has 0 unspecified atom stereocenters. The zero-order valence-corrected chi connectivity index (χ0v) is 17.1. The van der Waals surface area contributed by atoms with Crippen molar-refractivity contribution in [1.82, 2.24) is 10.6 Å². The van der Waals surface area contributed by atoms with E-state index in [0.717, 1.165) is 35.4 Å². The van der Waals surface area contributed by atoms with Crippen LogP contribution in [0.3, 0.4) is 0 Å². The number of hydrogen-bond donors (Lipinski definition) is 3. The van der Waals surface area contributed by atoms with Crippen molar-refractivity contribution in [3.8, 4) is 5.75 Å². The average Bonchev–Trinajstić information content (AvgIpc) is 2.58. The number of aliphatic hydroxyl groups is 1. The van der Waals surface area contributed by atoms with E-state index in [9.17, 15) is 0 Å². The smallest absolute Gasteiger partial charge is 0.134 e. The van der Waals surface area contributed by atoms with Crippen molar-refractivity contribution in [1.29, 1.82) is 0 Å². The number of ether oxygens (including phenoxy) is 1. The molecular weight excluding hydrogens is 427 g/mol. The molecule has 0 aliphatic carbocycles. The number of nitrogens with one attached hydrogen (secondary N) is 2. The fraction of sp³-hybridized carbons (Fsp3) is 0.333. The fourth-order valence-corrected chi connectivity index (χ4v) is 2.66. The van der Waals surface area contributed by atoms with Crippen molar-refractivity contribution < 1.29 is 9.84 Å². The summed E-state index contributed by atoms with van der Waals surface area (Å²) in [7, 11) is 0. The second kappa shape index (κ2) is 14.4. The van der Waals surface area contributed by atoms with E-state index in [2.05, 4.69) is 50.8 Å². The summed E-state index contributed by atoms with van der Waals surface area (Å²) in [5.74, 6) is 0.849. The van der Waals surface area contributed by atoms with Crippen molar-refractivity contribution in [2.75, 3.05) is 26.2 Å². The Bertz CT molecular complexity index is 589. The minimum Gasteiger partial charge on any atom is -0.488 e. The van der Waals surface area contributed by atoms with Crippen LogP contribution in [0.25, 0.3) is 0 Å². The lowest BCUT2D eigenvalue weighted by Crippen LogP contribution is -2.28. The second-order valence-electron chi connectivity index (χ2n) is 5.19. The number of hydrogen-bond acceptors (Lipinski definition) is 4.